The highest BCUT2D eigenvalue weighted by Gasteiger charge is 2.32. The maximum absolute atomic E-state index is 12.7. The number of aromatic amines is 1. The SMILES string of the molecule is Cl.FC(F)c1cc(NCc2cnc3[nH]c(C(F)(F)F)cc3c2)ncn1. The van der Waals surface area contributed by atoms with E-state index in [-0.39, 0.29) is 30.4 Å². The maximum Gasteiger partial charge on any atom is 0.431 e. The third-order valence-electron chi connectivity index (χ3n) is 3.22. The molecule has 0 unspecified atom stereocenters. The number of alkyl halides is 5. The van der Waals surface area contributed by atoms with Crippen molar-refractivity contribution in [1.82, 2.24) is 19.9 Å². The van der Waals surface area contributed by atoms with Crippen molar-refractivity contribution in [3.63, 3.8) is 0 Å². The van der Waals surface area contributed by atoms with E-state index in [0.717, 1.165) is 18.5 Å². The number of halogens is 6. The van der Waals surface area contributed by atoms with Gasteiger partial charge in [0.1, 0.15) is 29.2 Å². The molecule has 0 aromatic carbocycles. The van der Waals surface area contributed by atoms with Crippen LogP contribution in [0.2, 0.25) is 0 Å². The molecule has 0 aliphatic heterocycles. The van der Waals surface area contributed by atoms with Crippen LogP contribution in [0.15, 0.2) is 30.7 Å². The van der Waals surface area contributed by atoms with Crippen LogP contribution in [0.5, 0.6) is 0 Å². The molecule has 25 heavy (non-hydrogen) atoms. The van der Waals surface area contributed by atoms with Gasteiger partial charge < -0.3 is 10.3 Å². The monoisotopic (exact) mass is 379 g/mol. The van der Waals surface area contributed by atoms with Gasteiger partial charge in [-0.15, -0.1) is 12.4 Å². The molecule has 0 amide bonds. The topological polar surface area (TPSA) is 66.5 Å². The van der Waals surface area contributed by atoms with Gasteiger partial charge in [0.2, 0.25) is 0 Å². The summed E-state index contributed by atoms with van der Waals surface area (Å²) in [4.78, 5) is 13.4. The van der Waals surface area contributed by atoms with Gasteiger partial charge in [-0.25, -0.2) is 23.7 Å². The standard InChI is InChI=1S/C14H10F5N5.ClH/c15-12(16)9-3-11(23-6-22-9)20-4-7-1-8-2-10(14(17,18)19)24-13(8)21-5-7;/h1-3,5-6,12H,4H2,(H,21,24)(H,20,22,23);1H. The first-order valence-corrected chi connectivity index (χ1v) is 6.72. The molecule has 11 heteroatoms. The van der Waals surface area contributed by atoms with E-state index in [2.05, 4.69) is 25.3 Å². The molecule has 0 saturated carbocycles. The summed E-state index contributed by atoms with van der Waals surface area (Å²) in [6.45, 7) is 0.162. The minimum Gasteiger partial charge on any atom is -0.366 e. The van der Waals surface area contributed by atoms with Gasteiger partial charge in [-0.1, -0.05) is 0 Å². The van der Waals surface area contributed by atoms with E-state index in [4.69, 9.17) is 0 Å². The smallest absolute Gasteiger partial charge is 0.366 e. The second kappa shape index (κ2) is 7.18. The van der Waals surface area contributed by atoms with E-state index >= 15 is 0 Å². The molecule has 0 spiro atoms. The van der Waals surface area contributed by atoms with Crippen LogP contribution >= 0.6 is 12.4 Å². The van der Waals surface area contributed by atoms with Gasteiger partial charge in [0.15, 0.2) is 0 Å². The fourth-order valence-corrected chi connectivity index (χ4v) is 2.09. The number of pyridine rings is 1. The lowest BCUT2D eigenvalue weighted by Crippen LogP contribution is -2.04. The Balaban J connectivity index is 0.00000225. The zero-order valence-electron chi connectivity index (χ0n) is 12.3. The zero-order chi connectivity index (χ0) is 17.3. The van der Waals surface area contributed by atoms with Crippen LogP contribution < -0.4 is 5.32 Å². The molecular formula is C14H11ClF5N5. The van der Waals surface area contributed by atoms with Crippen LogP contribution in [0.1, 0.15) is 23.4 Å². The Labute approximate surface area is 144 Å². The van der Waals surface area contributed by atoms with E-state index in [0.29, 0.717) is 10.9 Å². The molecule has 5 nitrogen and oxygen atoms in total. The van der Waals surface area contributed by atoms with E-state index in [1.165, 1.54) is 12.3 Å². The number of H-pyrrole nitrogens is 1. The van der Waals surface area contributed by atoms with Crippen LogP contribution in [-0.4, -0.2) is 19.9 Å². The Kier molecular flexibility index (Phi) is 5.41. The Morgan fingerprint density at radius 1 is 1.08 bits per heavy atom. The van der Waals surface area contributed by atoms with Crippen molar-refractivity contribution in [2.75, 3.05) is 5.32 Å². The molecule has 134 valence electrons. The number of nitrogens with one attached hydrogen (secondary N) is 2. The van der Waals surface area contributed by atoms with Crippen molar-refractivity contribution in [2.24, 2.45) is 0 Å². The molecule has 3 aromatic heterocycles. The Morgan fingerprint density at radius 2 is 1.84 bits per heavy atom. The number of anilines is 1. The van der Waals surface area contributed by atoms with E-state index in [1.54, 1.807) is 0 Å². The lowest BCUT2D eigenvalue weighted by Gasteiger charge is -2.06. The van der Waals surface area contributed by atoms with Gasteiger partial charge >= 0.3 is 6.18 Å². The average Bonchev–Trinajstić information content (AvgIpc) is 2.96. The van der Waals surface area contributed by atoms with E-state index < -0.39 is 24.0 Å². The molecule has 3 aromatic rings. The second-order valence-electron chi connectivity index (χ2n) is 4.94. The molecular weight excluding hydrogens is 369 g/mol. The molecule has 2 N–H and O–H groups in total. The second-order valence-corrected chi connectivity index (χ2v) is 4.94. The Bertz CT molecular complexity index is 864. The average molecular weight is 380 g/mol. The first-order chi connectivity index (χ1) is 11.3. The van der Waals surface area contributed by atoms with Crippen molar-refractivity contribution >= 4 is 29.3 Å². The summed E-state index contributed by atoms with van der Waals surface area (Å²) in [5.41, 5.74) is -0.602. The predicted octanol–water partition coefficient (Wildman–Crippen LogP) is 4.34. The van der Waals surface area contributed by atoms with Crippen LogP contribution in [0.4, 0.5) is 27.8 Å². The van der Waals surface area contributed by atoms with Crippen LogP contribution in [0.3, 0.4) is 0 Å². The number of aromatic nitrogens is 4. The van der Waals surface area contributed by atoms with Crippen molar-refractivity contribution in [2.45, 2.75) is 19.1 Å². The van der Waals surface area contributed by atoms with Crippen LogP contribution in [0.25, 0.3) is 11.0 Å². The van der Waals surface area contributed by atoms with Crippen molar-refractivity contribution in [3.8, 4) is 0 Å². The number of rotatable bonds is 4. The Morgan fingerprint density at radius 3 is 2.52 bits per heavy atom. The molecule has 3 rings (SSSR count). The van der Waals surface area contributed by atoms with Crippen molar-refractivity contribution in [3.05, 3.63) is 47.7 Å². The largest absolute Gasteiger partial charge is 0.431 e. The fourth-order valence-electron chi connectivity index (χ4n) is 2.09. The van der Waals surface area contributed by atoms with Crippen LogP contribution in [0, 0.1) is 0 Å². The minimum atomic E-state index is -4.48. The first kappa shape index (κ1) is 18.8. The fraction of sp³-hybridized carbons (Fsp3) is 0.214. The number of fused-ring (bicyclic) bond motifs is 1. The highest BCUT2D eigenvalue weighted by atomic mass is 35.5. The van der Waals surface area contributed by atoms with E-state index in [9.17, 15) is 22.0 Å². The summed E-state index contributed by atoms with van der Waals surface area (Å²) >= 11 is 0. The third-order valence-corrected chi connectivity index (χ3v) is 3.22. The number of nitrogens with zero attached hydrogens (tertiary/aromatic N) is 3. The predicted molar refractivity (Wildman–Crippen MR) is 82.7 cm³/mol. The molecule has 0 bridgehead atoms. The van der Waals surface area contributed by atoms with Gasteiger partial charge in [0.25, 0.3) is 6.43 Å². The normalized spacial score (nSPS) is 11.6. The number of hydrogen-bond donors (Lipinski definition) is 2. The molecule has 0 radical (unpaired) electrons. The quantitative estimate of drug-likeness (QED) is 0.662. The van der Waals surface area contributed by atoms with Crippen molar-refractivity contribution < 1.29 is 22.0 Å². The summed E-state index contributed by atoms with van der Waals surface area (Å²) in [5, 5.41) is 3.10. The summed E-state index contributed by atoms with van der Waals surface area (Å²) in [6, 6.07) is 3.59. The molecule has 0 aliphatic carbocycles. The van der Waals surface area contributed by atoms with Gasteiger partial charge in [0.05, 0.1) is 0 Å². The molecule has 0 saturated heterocycles. The lowest BCUT2D eigenvalue weighted by molar-refractivity contribution is -0.140. The number of hydrogen-bond acceptors (Lipinski definition) is 4. The highest BCUT2D eigenvalue weighted by molar-refractivity contribution is 5.85. The highest BCUT2D eigenvalue weighted by Crippen LogP contribution is 2.30. The van der Waals surface area contributed by atoms with Crippen molar-refractivity contribution in [1.29, 1.82) is 0 Å². The summed E-state index contributed by atoms with van der Waals surface area (Å²) < 4.78 is 63.1. The molecule has 0 atom stereocenters. The lowest BCUT2D eigenvalue weighted by atomic mass is 10.2. The van der Waals surface area contributed by atoms with Crippen LogP contribution in [-0.2, 0) is 12.7 Å². The molecule has 0 aliphatic rings. The summed E-state index contributed by atoms with van der Waals surface area (Å²) in [6.07, 6.45) is -4.80. The molecule has 3 heterocycles. The van der Waals surface area contributed by atoms with Gasteiger partial charge in [-0.3, -0.25) is 0 Å². The van der Waals surface area contributed by atoms with Gasteiger partial charge in [-0.2, -0.15) is 13.2 Å². The zero-order valence-corrected chi connectivity index (χ0v) is 13.1. The first-order valence-electron chi connectivity index (χ1n) is 6.72. The Hall–Kier alpha value is -2.49. The maximum atomic E-state index is 12.7. The van der Waals surface area contributed by atoms with E-state index in [1.807, 2.05) is 0 Å². The van der Waals surface area contributed by atoms with Gasteiger partial charge in [0, 0.05) is 24.2 Å². The molecule has 0 fully saturated rings. The summed E-state index contributed by atoms with van der Waals surface area (Å²) in [7, 11) is 0. The third kappa shape index (κ3) is 4.32. The minimum absolute atomic E-state index is 0. The summed E-state index contributed by atoms with van der Waals surface area (Å²) in [5.74, 6) is 0.186. The van der Waals surface area contributed by atoms with Gasteiger partial charge in [-0.05, 0) is 17.7 Å².